The summed E-state index contributed by atoms with van der Waals surface area (Å²) in [6.07, 6.45) is 5.53. The van der Waals surface area contributed by atoms with Crippen LogP contribution in [-0.4, -0.2) is 38.8 Å². The molecule has 1 aromatic rings. The lowest BCUT2D eigenvalue weighted by Crippen LogP contribution is -2.38. The molecule has 3 rings (SSSR count). The zero-order chi connectivity index (χ0) is 13.4. The molecule has 0 bridgehead atoms. The number of nitrogens with two attached hydrogens (primary N) is 1. The van der Waals surface area contributed by atoms with Crippen LogP contribution < -0.4 is 5.73 Å². The van der Waals surface area contributed by atoms with Gasteiger partial charge in [-0.15, -0.1) is 12.4 Å². The molecule has 2 N–H and O–H groups in total. The van der Waals surface area contributed by atoms with Crippen molar-refractivity contribution in [1.82, 2.24) is 19.7 Å². The highest BCUT2D eigenvalue weighted by Gasteiger charge is 2.38. The van der Waals surface area contributed by atoms with Crippen LogP contribution in [0.5, 0.6) is 0 Å². The molecule has 0 radical (unpaired) electrons. The maximum Gasteiger partial charge on any atom is 0.141 e. The Kier molecular flexibility index (Phi) is 5.04. The van der Waals surface area contributed by atoms with E-state index in [1.807, 2.05) is 4.68 Å². The molecular weight excluding hydrogens is 274 g/mol. The highest BCUT2D eigenvalue weighted by molar-refractivity contribution is 5.85. The average Bonchev–Trinajstić information content (AvgIpc) is 2.96. The zero-order valence-corrected chi connectivity index (χ0v) is 13.2. The number of rotatable bonds is 3. The second kappa shape index (κ2) is 6.41. The lowest BCUT2D eigenvalue weighted by atomic mass is 9.78. The third-order valence-corrected chi connectivity index (χ3v) is 4.73. The summed E-state index contributed by atoms with van der Waals surface area (Å²) in [5.74, 6) is 2.59. The third-order valence-electron chi connectivity index (χ3n) is 4.73. The summed E-state index contributed by atoms with van der Waals surface area (Å²) < 4.78 is 2.03. The van der Waals surface area contributed by atoms with Gasteiger partial charge in [0, 0.05) is 25.2 Å². The van der Waals surface area contributed by atoms with Crippen molar-refractivity contribution in [2.24, 2.45) is 17.6 Å². The Morgan fingerprint density at radius 1 is 1.35 bits per heavy atom. The summed E-state index contributed by atoms with van der Waals surface area (Å²) in [4.78, 5) is 6.93. The Hall–Kier alpha value is -0.650. The molecule has 0 amide bonds. The fourth-order valence-electron chi connectivity index (χ4n) is 3.76. The van der Waals surface area contributed by atoms with Crippen molar-refractivity contribution in [1.29, 1.82) is 0 Å². The van der Waals surface area contributed by atoms with E-state index in [9.17, 15) is 0 Å². The molecule has 1 aliphatic heterocycles. The smallest absolute Gasteiger partial charge is 0.141 e. The highest BCUT2D eigenvalue weighted by Crippen LogP contribution is 2.35. The van der Waals surface area contributed by atoms with Crippen LogP contribution in [-0.2, 0) is 6.54 Å². The normalized spacial score (nSPS) is 30.3. The van der Waals surface area contributed by atoms with Crippen molar-refractivity contribution in [3.63, 3.8) is 0 Å². The molecule has 2 heterocycles. The van der Waals surface area contributed by atoms with Gasteiger partial charge in [0.2, 0.25) is 0 Å². The number of nitrogens with zero attached hydrogens (tertiary/aromatic N) is 4. The molecule has 20 heavy (non-hydrogen) atoms. The third kappa shape index (κ3) is 3.00. The largest absolute Gasteiger partial charge is 0.327 e. The first kappa shape index (κ1) is 15.7. The van der Waals surface area contributed by atoms with Gasteiger partial charge in [0.05, 0.1) is 6.54 Å². The number of hydrogen-bond donors (Lipinski definition) is 1. The second-order valence-electron chi connectivity index (χ2n) is 6.43. The highest BCUT2D eigenvalue weighted by atomic mass is 35.5. The predicted molar refractivity (Wildman–Crippen MR) is 81.7 cm³/mol. The minimum Gasteiger partial charge on any atom is -0.327 e. The van der Waals surface area contributed by atoms with E-state index in [0.29, 0.717) is 18.0 Å². The number of halogens is 1. The first-order chi connectivity index (χ1) is 9.15. The van der Waals surface area contributed by atoms with Crippen LogP contribution in [0.1, 0.15) is 45.0 Å². The van der Waals surface area contributed by atoms with E-state index in [1.54, 1.807) is 6.33 Å². The maximum absolute atomic E-state index is 6.27. The topological polar surface area (TPSA) is 60.0 Å². The van der Waals surface area contributed by atoms with E-state index >= 15 is 0 Å². The maximum atomic E-state index is 6.27. The molecule has 2 fully saturated rings. The molecule has 2 aliphatic rings. The fourth-order valence-corrected chi connectivity index (χ4v) is 3.76. The summed E-state index contributed by atoms with van der Waals surface area (Å²) in [5, 5.41) is 4.32. The predicted octanol–water partition coefficient (Wildman–Crippen LogP) is 1.84. The van der Waals surface area contributed by atoms with Crippen molar-refractivity contribution in [3.05, 3.63) is 12.2 Å². The lowest BCUT2D eigenvalue weighted by molar-refractivity contribution is 0.258. The van der Waals surface area contributed by atoms with Gasteiger partial charge in [0.25, 0.3) is 0 Å². The molecule has 1 saturated heterocycles. The van der Waals surface area contributed by atoms with Crippen LogP contribution in [0, 0.1) is 11.8 Å². The van der Waals surface area contributed by atoms with E-state index in [1.165, 1.54) is 25.8 Å². The summed E-state index contributed by atoms with van der Waals surface area (Å²) in [5.41, 5.74) is 6.27. The molecule has 6 heteroatoms. The van der Waals surface area contributed by atoms with Crippen molar-refractivity contribution >= 4 is 12.4 Å². The minimum atomic E-state index is 0. The van der Waals surface area contributed by atoms with E-state index in [2.05, 4.69) is 28.8 Å². The molecule has 114 valence electrons. The Bertz CT molecular complexity index is 433. The van der Waals surface area contributed by atoms with Gasteiger partial charge in [0.1, 0.15) is 12.2 Å². The summed E-state index contributed by atoms with van der Waals surface area (Å²) >= 11 is 0. The van der Waals surface area contributed by atoms with Gasteiger partial charge in [-0.05, 0) is 38.5 Å². The summed E-state index contributed by atoms with van der Waals surface area (Å²) in [6.45, 7) is 7.54. The van der Waals surface area contributed by atoms with Crippen LogP contribution in [0.3, 0.4) is 0 Å². The van der Waals surface area contributed by atoms with E-state index in [4.69, 9.17) is 5.73 Å². The van der Waals surface area contributed by atoms with Crippen molar-refractivity contribution in [3.8, 4) is 0 Å². The molecule has 0 spiro atoms. The van der Waals surface area contributed by atoms with Gasteiger partial charge in [0.15, 0.2) is 0 Å². The van der Waals surface area contributed by atoms with Crippen LogP contribution in [0.15, 0.2) is 6.33 Å². The molecule has 1 aromatic heterocycles. The van der Waals surface area contributed by atoms with Gasteiger partial charge in [-0.2, -0.15) is 5.10 Å². The van der Waals surface area contributed by atoms with Gasteiger partial charge in [-0.3, -0.25) is 4.90 Å². The number of likely N-dealkylation sites (tertiary alicyclic amines) is 1. The SMILES string of the molecule is CC(C)n1ncnc1CN1CC2CCCC(N)C2C1.Cl. The van der Waals surface area contributed by atoms with Gasteiger partial charge < -0.3 is 5.73 Å². The van der Waals surface area contributed by atoms with Crippen molar-refractivity contribution in [2.75, 3.05) is 13.1 Å². The molecule has 3 unspecified atom stereocenters. The second-order valence-corrected chi connectivity index (χ2v) is 6.43. The Morgan fingerprint density at radius 3 is 2.85 bits per heavy atom. The number of fused-ring (bicyclic) bond motifs is 1. The van der Waals surface area contributed by atoms with E-state index in [-0.39, 0.29) is 12.4 Å². The lowest BCUT2D eigenvalue weighted by Gasteiger charge is -2.29. The van der Waals surface area contributed by atoms with Gasteiger partial charge in [-0.25, -0.2) is 9.67 Å². The number of hydrogen-bond acceptors (Lipinski definition) is 4. The van der Waals surface area contributed by atoms with Crippen molar-refractivity contribution in [2.45, 2.75) is 51.7 Å². The fraction of sp³-hybridized carbons (Fsp3) is 0.857. The monoisotopic (exact) mass is 299 g/mol. The zero-order valence-electron chi connectivity index (χ0n) is 12.4. The average molecular weight is 300 g/mol. The van der Waals surface area contributed by atoms with Crippen LogP contribution >= 0.6 is 12.4 Å². The molecule has 3 atom stereocenters. The van der Waals surface area contributed by atoms with Crippen LogP contribution in [0.2, 0.25) is 0 Å². The Labute approximate surface area is 127 Å². The van der Waals surface area contributed by atoms with Gasteiger partial charge in [-0.1, -0.05) is 6.42 Å². The summed E-state index contributed by atoms with van der Waals surface area (Å²) in [7, 11) is 0. The van der Waals surface area contributed by atoms with Crippen LogP contribution in [0.25, 0.3) is 0 Å². The molecule has 1 aliphatic carbocycles. The van der Waals surface area contributed by atoms with E-state index in [0.717, 1.165) is 24.8 Å². The Balaban J connectivity index is 0.00000147. The molecule has 1 saturated carbocycles. The molecule has 0 aromatic carbocycles. The molecule has 5 nitrogen and oxygen atoms in total. The first-order valence-electron chi connectivity index (χ1n) is 7.51. The van der Waals surface area contributed by atoms with Crippen LogP contribution in [0.4, 0.5) is 0 Å². The van der Waals surface area contributed by atoms with Gasteiger partial charge >= 0.3 is 0 Å². The van der Waals surface area contributed by atoms with E-state index < -0.39 is 0 Å². The van der Waals surface area contributed by atoms with Crippen molar-refractivity contribution < 1.29 is 0 Å². The number of aromatic nitrogens is 3. The quantitative estimate of drug-likeness (QED) is 0.925. The Morgan fingerprint density at radius 2 is 2.15 bits per heavy atom. The summed E-state index contributed by atoms with van der Waals surface area (Å²) in [6, 6.07) is 0.788. The standard InChI is InChI=1S/C14H25N5.ClH/c1-10(2)19-14(16-9-17-19)8-18-6-11-4-3-5-13(15)12(11)7-18;/h9-13H,3-8,15H2,1-2H3;1H. The minimum absolute atomic E-state index is 0. The molecular formula is C14H26ClN5. The first-order valence-corrected chi connectivity index (χ1v) is 7.51.